The van der Waals surface area contributed by atoms with Crippen molar-refractivity contribution in [3.05, 3.63) is 89.8 Å². The van der Waals surface area contributed by atoms with Crippen LogP contribution in [0.5, 0.6) is 5.75 Å². The van der Waals surface area contributed by atoms with Gasteiger partial charge in [0, 0.05) is 11.8 Å². The van der Waals surface area contributed by atoms with Crippen LogP contribution in [0, 0.1) is 5.82 Å². The van der Waals surface area contributed by atoms with Gasteiger partial charge in [-0.05, 0) is 53.5 Å². The maximum Gasteiger partial charge on any atom is 0.422 e. The predicted octanol–water partition coefficient (Wildman–Crippen LogP) is 6.58. The van der Waals surface area contributed by atoms with Crippen LogP contribution in [0.15, 0.2) is 67.3 Å². The Labute approximate surface area is 213 Å². The van der Waals surface area contributed by atoms with Crippen LogP contribution in [-0.2, 0) is 33.5 Å². The van der Waals surface area contributed by atoms with E-state index in [-0.39, 0.29) is 24.0 Å². The highest BCUT2D eigenvalue weighted by Gasteiger charge is 2.28. The number of hydrogen-bond donors (Lipinski definition) is 0. The lowest BCUT2D eigenvalue weighted by Crippen LogP contribution is -2.37. The molecule has 4 nitrogen and oxygen atoms in total. The Morgan fingerprint density at radius 2 is 1.65 bits per heavy atom. The van der Waals surface area contributed by atoms with Crippen molar-refractivity contribution in [1.29, 1.82) is 0 Å². The quantitative estimate of drug-likeness (QED) is 0.212. The third-order valence-corrected chi connectivity index (χ3v) is 6.16. The summed E-state index contributed by atoms with van der Waals surface area (Å²) in [5.41, 5.74) is 2.56. The summed E-state index contributed by atoms with van der Waals surface area (Å²) in [6, 6.07) is 15.8. The van der Waals surface area contributed by atoms with Crippen molar-refractivity contribution in [2.45, 2.75) is 44.3 Å². The van der Waals surface area contributed by atoms with Crippen molar-refractivity contribution >= 4 is 10.8 Å². The van der Waals surface area contributed by atoms with E-state index in [1.54, 1.807) is 30.3 Å². The zero-order valence-corrected chi connectivity index (χ0v) is 20.4. The van der Waals surface area contributed by atoms with Crippen molar-refractivity contribution in [3.8, 4) is 5.75 Å². The molecule has 0 N–H and O–H groups in total. The second-order valence-corrected chi connectivity index (χ2v) is 9.02. The average molecular weight is 519 g/mol. The minimum absolute atomic E-state index is 0.0799. The molecule has 3 aromatic carbocycles. The fourth-order valence-electron chi connectivity index (χ4n) is 4.21. The van der Waals surface area contributed by atoms with Crippen molar-refractivity contribution in [2.24, 2.45) is 0 Å². The molecule has 0 aromatic heterocycles. The predicted molar refractivity (Wildman–Crippen MR) is 133 cm³/mol. The first-order chi connectivity index (χ1) is 17.8. The molecule has 198 valence electrons. The minimum Gasteiger partial charge on any atom is -0.484 e. The molecule has 0 radical (unpaired) electrons. The van der Waals surface area contributed by atoms with E-state index in [0.717, 1.165) is 22.9 Å². The molecule has 1 aliphatic rings. The van der Waals surface area contributed by atoms with Crippen LogP contribution < -0.4 is 4.74 Å². The lowest BCUT2D eigenvalue weighted by atomic mass is 9.98. The summed E-state index contributed by atoms with van der Waals surface area (Å²) in [6.45, 7) is 3.74. The first kappa shape index (κ1) is 27.1. The molecule has 0 unspecified atom stereocenters. The molecule has 3 aromatic rings. The molecule has 1 saturated heterocycles. The van der Waals surface area contributed by atoms with Gasteiger partial charge < -0.3 is 18.9 Å². The van der Waals surface area contributed by atoms with E-state index in [1.807, 2.05) is 18.2 Å². The van der Waals surface area contributed by atoms with E-state index >= 15 is 4.39 Å². The van der Waals surface area contributed by atoms with Crippen molar-refractivity contribution in [2.75, 3.05) is 26.4 Å². The monoisotopic (exact) mass is 518 g/mol. The lowest BCUT2D eigenvalue weighted by molar-refractivity contribution is -0.225. The number of ether oxygens (including phenoxy) is 4. The largest absolute Gasteiger partial charge is 0.484 e. The maximum atomic E-state index is 15.2. The van der Waals surface area contributed by atoms with E-state index in [2.05, 4.69) is 6.58 Å². The van der Waals surface area contributed by atoms with Gasteiger partial charge >= 0.3 is 6.18 Å². The van der Waals surface area contributed by atoms with Gasteiger partial charge in [-0.2, -0.15) is 13.2 Å². The molecule has 37 heavy (non-hydrogen) atoms. The first-order valence-electron chi connectivity index (χ1n) is 12.2. The summed E-state index contributed by atoms with van der Waals surface area (Å²) >= 11 is 0. The normalized spacial score (nSPS) is 18.2. The second kappa shape index (κ2) is 12.5. The van der Waals surface area contributed by atoms with E-state index in [9.17, 15) is 13.2 Å². The number of benzene rings is 3. The molecule has 0 aliphatic carbocycles. The molecular weight excluding hydrogens is 488 g/mol. The Kier molecular flexibility index (Phi) is 9.18. The van der Waals surface area contributed by atoms with Gasteiger partial charge in [0.05, 0.1) is 19.8 Å². The van der Waals surface area contributed by atoms with Gasteiger partial charge in [0.25, 0.3) is 0 Å². The number of fused-ring (bicyclic) bond motifs is 1. The Bertz CT molecular complexity index is 1170. The Morgan fingerprint density at radius 3 is 2.35 bits per heavy atom. The highest BCUT2D eigenvalue weighted by Crippen LogP contribution is 2.25. The smallest absolute Gasteiger partial charge is 0.422 e. The number of hydrogen-bond acceptors (Lipinski definition) is 4. The van der Waals surface area contributed by atoms with Crippen LogP contribution in [-0.4, -0.2) is 45.0 Å². The Morgan fingerprint density at radius 1 is 0.919 bits per heavy atom. The van der Waals surface area contributed by atoms with Crippen molar-refractivity contribution < 1.29 is 36.5 Å². The van der Waals surface area contributed by atoms with Crippen LogP contribution in [0.3, 0.4) is 0 Å². The van der Waals surface area contributed by atoms with Gasteiger partial charge in [-0.25, -0.2) is 4.39 Å². The zero-order valence-electron chi connectivity index (χ0n) is 20.4. The van der Waals surface area contributed by atoms with Gasteiger partial charge in [-0.1, -0.05) is 48.5 Å². The molecule has 0 saturated carbocycles. The average Bonchev–Trinajstić information content (AvgIpc) is 2.90. The minimum atomic E-state index is -4.38. The van der Waals surface area contributed by atoms with Crippen molar-refractivity contribution in [1.82, 2.24) is 0 Å². The maximum absolute atomic E-state index is 15.2. The molecule has 0 bridgehead atoms. The van der Waals surface area contributed by atoms with Gasteiger partial charge in [0.1, 0.15) is 17.7 Å². The van der Waals surface area contributed by atoms with E-state index < -0.39 is 12.8 Å². The van der Waals surface area contributed by atoms with E-state index in [4.69, 9.17) is 18.9 Å². The second-order valence-electron chi connectivity index (χ2n) is 9.02. The van der Waals surface area contributed by atoms with Gasteiger partial charge in [0.15, 0.2) is 12.9 Å². The molecule has 1 fully saturated rings. The fourth-order valence-corrected chi connectivity index (χ4v) is 4.21. The number of alkyl halides is 3. The Balaban J connectivity index is 1.29. The number of aryl methyl sites for hydroxylation is 3. The molecule has 8 heteroatoms. The van der Waals surface area contributed by atoms with E-state index in [1.165, 1.54) is 12.1 Å². The molecule has 0 atom stereocenters. The van der Waals surface area contributed by atoms with Gasteiger partial charge in [-0.3, -0.25) is 0 Å². The summed E-state index contributed by atoms with van der Waals surface area (Å²) in [6.07, 6.45) is -0.588. The summed E-state index contributed by atoms with van der Waals surface area (Å²) in [5.74, 6) is -0.101. The SMILES string of the molecule is C=CCOC1COC(CCc2ccc3c(F)c(CCc4ccc(OCC(F)(F)F)cc4)ccc3c2)OC1. The lowest BCUT2D eigenvalue weighted by Gasteiger charge is -2.29. The summed E-state index contributed by atoms with van der Waals surface area (Å²) < 4.78 is 73.8. The summed E-state index contributed by atoms with van der Waals surface area (Å²) in [5, 5.41) is 1.39. The number of halogens is 4. The van der Waals surface area contributed by atoms with Crippen LogP contribution in [0.25, 0.3) is 10.8 Å². The van der Waals surface area contributed by atoms with Gasteiger partial charge in [-0.15, -0.1) is 6.58 Å². The third kappa shape index (κ3) is 8.02. The topological polar surface area (TPSA) is 36.9 Å². The fraction of sp³-hybridized carbons (Fsp3) is 0.379. The Hall–Kier alpha value is -2.94. The molecule has 0 amide bonds. The van der Waals surface area contributed by atoms with E-state index in [0.29, 0.717) is 50.0 Å². The molecule has 4 rings (SSSR count). The van der Waals surface area contributed by atoms with Crippen molar-refractivity contribution in [3.63, 3.8) is 0 Å². The summed E-state index contributed by atoms with van der Waals surface area (Å²) in [7, 11) is 0. The van der Waals surface area contributed by atoms with Gasteiger partial charge in [0.2, 0.25) is 0 Å². The van der Waals surface area contributed by atoms with Crippen LogP contribution in [0.2, 0.25) is 0 Å². The third-order valence-electron chi connectivity index (χ3n) is 6.16. The number of rotatable bonds is 11. The molecular formula is C29H30F4O4. The molecule has 0 spiro atoms. The highest BCUT2D eigenvalue weighted by molar-refractivity contribution is 5.84. The standard InChI is InChI=1S/C29H30F4O4/c1-2-15-34-25-17-35-27(36-18-25)14-7-21-6-13-26-23(16-21)10-9-22(28(26)30)8-3-20-4-11-24(12-5-20)37-19-29(31,32)33/h2,4-6,9-13,16,25,27H,1,3,7-8,14-15,17-19H2. The van der Waals surface area contributed by atoms with Crippen LogP contribution in [0.4, 0.5) is 17.6 Å². The highest BCUT2D eigenvalue weighted by atomic mass is 19.4. The summed E-state index contributed by atoms with van der Waals surface area (Å²) in [4.78, 5) is 0. The van der Waals surface area contributed by atoms with Crippen LogP contribution >= 0.6 is 0 Å². The molecule has 1 aliphatic heterocycles. The zero-order chi connectivity index (χ0) is 26.3. The first-order valence-corrected chi connectivity index (χ1v) is 12.2. The van der Waals surface area contributed by atoms with Crippen LogP contribution in [0.1, 0.15) is 23.1 Å². The molecule has 1 heterocycles.